The molecule has 0 spiro atoms. The van der Waals surface area contributed by atoms with E-state index in [4.69, 9.17) is 4.74 Å². The van der Waals surface area contributed by atoms with E-state index in [-0.39, 0.29) is 12.0 Å². The zero-order valence-corrected chi connectivity index (χ0v) is 19.3. The summed E-state index contributed by atoms with van der Waals surface area (Å²) in [4.78, 5) is 19.1. The minimum Gasteiger partial charge on any atom is -0.373 e. The van der Waals surface area contributed by atoms with Gasteiger partial charge >= 0.3 is 0 Å². The molecule has 4 atom stereocenters. The second kappa shape index (κ2) is 8.84. The summed E-state index contributed by atoms with van der Waals surface area (Å²) < 4.78 is 6.38. The van der Waals surface area contributed by atoms with Crippen LogP contribution in [0.3, 0.4) is 0 Å². The van der Waals surface area contributed by atoms with Gasteiger partial charge in [0.1, 0.15) is 0 Å². The molecule has 1 aromatic rings. The van der Waals surface area contributed by atoms with Gasteiger partial charge in [0.15, 0.2) is 0 Å². The van der Waals surface area contributed by atoms with Gasteiger partial charge in [-0.25, -0.2) is 0 Å². The summed E-state index contributed by atoms with van der Waals surface area (Å²) in [5.74, 6) is 1.00. The zero-order valence-electron chi connectivity index (χ0n) is 19.3. The molecule has 3 aliphatic heterocycles. The fourth-order valence-corrected chi connectivity index (χ4v) is 6.77. The van der Waals surface area contributed by atoms with E-state index in [2.05, 4.69) is 47.1 Å². The molecule has 4 fully saturated rings. The Bertz CT molecular complexity index is 755. The van der Waals surface area contributed by atoms with Crippen LogP contribution < -0.4 is 0 Å². The lowest BCUT2D eigenvalue weighted by molar-refractivity contribution is -0.130. The van der Waals surface area contributed by atoms with Crippen molar-refractivity contribution in [3.8, 4) is 0 Å². The van der Waals surface area contributed by atoms with E-state index >= 15 is 0 Å². The molecule has 0 radical (unpaired) electrons. The fourth-order valence-electron chi connectivity index (χ4n) is 6.77. The third kappa shape index (κ3) is 4.42. The first-order valence-corrected chi connectivity index (χ1v) is 12.4. The van der Waals surface area contributed by atoms with Gasteiger partial charge in [0.2, 0.25) is 5.91 Å². The summed E-state index contributed by atoms with van der Waals surface area (Å²) in [7, 11) is 0. The number of nitrogens with zero attached hydrogens (tertiary/aromatic N) is 3. The smallest absolute Gasteiger partial charge is 0.219 e. The van der Waals surface area contributed by atoms with Gasteiger partial charge in [-0.1, -0.05) is 37.3 Å². The molecule has 3 saturated heterocycles. The van der Waals surface area contributed by atoms with Gasteiger partial charge < -0.3 is 9.64 Å². The monoisotopic (exact) mass is 425 g/mol. The maximum absolute atomic E-state index is 11.6. The van der Waals surface area contributed by atoms with Crippen molar-refractivity contribution < 1.29 is 9.53 Å². The van der Waals surface area contributed by atoms with Crippen molar-refractivity contribution in [1.29, 1.82) is 0 Å². The van der Waals surface area contributed by atoms with Crippen molar-refractivity contribution >= 4 is 5.91 Å². The second-order valence-electron chi connectivity index (χ2n) is 10.7. The molecule has 5 nitrogen and oxygen atoms in total. The lowest BCUT2D eigenvalue weighted by atomic mass is 9.75. The number of ether oxygens (including phenoxy) is 1. The highest BCUT2D eigenvalue weighted by Gasteiger charge is 2.49. The van der Waals surface area contributed by atoms with Crippen LogP contribution in [-0.4, -0.2) is 78.6 Å². The number of benzene rings is 1. The maximum atomic E-state index is 11.6. The van der Waals surface area contributed by atoms with E-state index < -0.39 is 0 Å². The predicted octanol–water partition coefficient (Wildman–Crippen LogP) is 3.56. The third-order valence-electron chi connectivity index (χ3n) is 8.82. The van der Waals surface area contributed by atoms with Crippen molar-refractivity contribution in [2.75, 3.05) is 45.9 Å². The van der Waals surface area contributed by atoms with E-state index in [0.29, 0.717) is 11.5 Å². The molecule has 4 aliphatic rings. The Kier molecular flexibility index (Phi) is 6.11. The van der Waals surface area contributed by atoms with Crippen LogP contribution >= 0.6 is 0 Å². The lowest BCUT2D eigenvalue weighted by Gasteiger charge is -2.44. The summed E-state index contributed by atoms with van der Waals surface area (Å²) >= 11 is 0. The van der Waals surface area contributed by atoms with Crippen molar-refractivity contribution in [1.82, 2.24) is 14.7 Å². The average molecular weight is 426 g/mol. The molecule has 3 heterocycles. The number of fused-ring (bicyclic) bond motifs is 1. The number of hydrogen-bond acceptors (Lipinski definition) is 4. The molecule has 1 saturated carbocycles. The van der Waals surface area contributed by atoms with Crippen LogP contribution in [0.5, 0.6) is 0 Å². The first-order valence-electron chi connectivity index (χ1n) is 12.4. The normalized spacial score (nSPS) is 35.8. The number of amides is 1. The summed E-state index contributed by atoms with van der Waals surface area (Å²) in [6.07, 6.45) is 6.35. The van der Waals surface area contributed by atoms with E-state index in [1.54, 1.807) is 6.92 Å². The molecular weight excluding hydrogens is 386 g/mol. The minimum atomic E-state index is 0.234. The Hall–Kier alpha value is -1.43. The van der Waals surface area contributed by atoms with E-state index in [0.717, 1.165) is 44.5 Å². The topological polar surface area (TPSA) is 36.0 Å². The number of carbonyl (C=O) groups excluding carboxylic acids is 1. The third-order valence-corrected chi connectivity index (χ3v) is 8.82. The molecule has 1 aromatic carbocycles. The quantitative estimate of drug-likeness (QED) is 0.742. The Morgan fingerprint density at radius 2 is 1.58 bits per heavy atom. The van der Waals surface area contributed by atoms with Gasteiger partial charge in [-0.15, -0.1) is 0 Å². The Morgan fingerprint density at radius 3 is 2.23 bits per heavy atom. The van der Waals surface area contributed by atoms with Crippen molar-refractivity contribution in [3.63, 3.8) is 0 Å². The van der Waals surface area contributed by atoms with Gasteiger partial charge in [0.05, 0.1) is 12.7 Å². The molecule has 1 amide bonds. The molecule has 5 heteroatoms. The molecule has 31 heavy (non-hydrogen) atoms. The zero-order chi connectivity index (χ0) is 21.4. The number of piperidine rings is 1. The van der Waals surface area contributed by atoms with E-state index in [1.165, 1.54) is 51.0 Å². The Morgan fingerprint density at radius 1 is 0.935 bits per heavy atom. The lowest BCUT2D eigenvalue weighted by Crippen LogP contribution is -2.55. The number of piperazine rings is 1. The van der Waals surface area contributed by atoms with Crippen LogP contribution in [-0.2, 0) is 9.53 Å². The largest absolute Gasteiger partial charge is 0.373 e. The Labute approximate surface area is 187 Å². The minimum absolute atomic E-state index is 0.234. The first-order chi connectivity index (χ1) is 15.0. The highest BCUT2D eigenvalue weighted by Crippen LogP contribution is 2.53. The van der Waals surface area contributed by atoms with Crippen molar-refractivity contribution in [3.05, 3.63) is 35.9 Å². The molecule has 0 N–H and O–H groups in total. The fraction of sp³-hybridized carbons (Fsp3) is 0.731. The predicted molar refractivity (Wildman–Crippen MR) is 123 cm³/mol. The molecule has 5 rings (SSSR count). The SMILES string of the molecule is CC(=O)N1CCC(N2CCN([C@@H]3C[C@H]4C[C@@H](c5ccccc5)OC[C@@]4(C)C3)CC2)CC1. The van der Waals surface area contributed by atoms with Crippen LogP contribution in [0.1, 0.15) is 57.6 Å². The highest BCUT2D eigenvalue weighted by molar-refractivity contribution is 5.73. The van der Waals surface area contributed by atoms with Gasteiger partial charge in [0.25, 0.3) is 0 Å². The van der Waals surface area contributed by atoms with Crippen LogP contribution in [0.4, 0.5) is 0 Å². The molecule has 0 bridgehead atoms. The van der Waals surface area contributed by atoms with Gasteiger partial charge in [-0.05, 0) is 49.0 Å². The van der Waals surface area contributed by atoms with Crippen LogP contribution in [0, 0.1) is 11.3 Å². The van der Waals surface area contributed by atoms with E-state index in [9.17, 15) is 4.79 Å². The molecule has 1 aliphatic carbocycles. The molecular formula is C26H39N3O2. The highest BCUT2D eigenvalue weighted by atomic mass is 16.5. The summed E-state index contributed by atoms with van der Waals surface area (Å²) in [6.45, 7) is 11.7. The number of likely N-dealkylation sites (tertiary alicyclic amines) is 1. The average Bonchev–Trinajstić information content (AvgIpc) is 3.16. The van der Waals surface area contributed by atoms with E-state index in [1.807, 2.05) is 4.90 Å². The molecule has 0 unspecified atom stereocenters. The standard InChI is InChI=1S/C26H39N3O2/c1-20(30)27-10-8-23(9-11-27)28-12-14-29(15-13-28)24-16-22-17-25(21-6-4-3-5-7-21)31-19-26(22,2)18-24/h3-7,22-25H,8-19H2,1-2H3/t22-,24+,25-,26+/m0/s1. The number of carbonyl (C=O) groups is 1. The molecule has 170 valence electrons. The van der Waals surface area contributed by atoms with Gasteiger partial charge in [0, 0.05) is 58.3 Å². The number of rotatable bonds is 3. The summed E-state index contributed by atoms with van der Waals surface area (Å²) in [5, 5.41) is 0. The maximum Gasteiger partial charge on any atom is 0.219 e. The van der Waals surface area contributed by atoms with Crippen LogP contribution in [0.15, 0.2) is 30.3 Å². The van der Waals surface area contributed by atoms with Gasteiger partial charge in [-0.2, -0.15) is 0 Å². The van der Waals surface area contributed by atoms with Gasteiger partial charge in [-0.3, -0.25) is 14.6 Å². The van der Waals surface area contributed by atoms with Crippen molar-refractivity contribution in [2.24, 2.45) is 11.3 Å². The molecule has 0 aromatic heterocycles. The van der Waals surface area contributed by atoms with Crippen LogP contribution in [0.25, 0.3) is 0 Å². The van der Waals surface area contributed by atoms with Crippen molar-refractivity contribution in [2.45, 2.75) is 64.1 Å². The summed E-state index contributed by atoms with van der Waals surface area (Å²) in [5.41, 5.74) is 1.68. The second-order valence-corrected chi connectivity index (χ2v) is 10.7. The number of hydrogen-bond donors (Lipinski definition) is 0. The van der Waals surface area contributed by atoms with Crippen LogP contribution in [0.2, 0.25) is 0 Å². The Balaban J connectivity index is 1.13. The first kappa shape index (κ1) is 21.4. The summed E-state index contributed by atoms with van der Waals surface area (Å²) in [6, 6.07) is 12.2.